The molecule has 7 heteroatoms. The first-order valence-electron chi connectivity index (χ1n) is 9.23. The Morgan fingerprint density at radius 2 is 1.72 bits per heavy atom. The monoisotopic (exact) mass is 405 g/mol. The van der Waals surface area contributed by atoms with Crippen molar-refractivity contribution in [3.05, 3.63) is 64.5 Å². The number of carbonyl (C=O) groups excluding carboxylic acids is 3. The van der Waals surface area contributed by atoms with Gasteiger partial charge in [0.2, 0.25) is 11.8 Å². The van der Waals surface area contributed by atoms with Crippen molar-refractivity contribution < 1.29 is 14.4 Å². The second-order valence-electron chi connectivity index (χ2n) is 6.98. The fourth-order valence-electron chi connectivity index (χ4n) is 3.35. The summed E-state index contributed by atoms with van der Waals surface area (Å²) in [4.78, 5) is 41.9. The number of rotatable bonds is 4. The molecule has 1 N–H and O–H groups in total. The highest BCUT2D eigenvalue weighted by atomic mass is 32.1. The van der Waals surface area contributed by atoms with E-state index in [2.05, 4.69) is 16.4 Å². The number of benzene rings is 2. The van der Waals surface area contributed by atoms with E-state index in [-0.39, 0.29) is 30.6 Å². The zero-order valence-electron chi connectivity index (χ0n) is 16.1. The summed E-state index contributed by atoms with van der Waals surface area (Å²) in [6, 6.07) is 12.6. The smallest absolute Gasteiger partial charge is 0.257 e. The second-order valence-corrected chi connectivity index (χ2v) is 7.84. The van der Waals surface area contributed by atoms with Gasteiger partial charge in [-0.2, -0.15) is 0 Å². The molecule has 1 aliphatic rings. The van der Waals surface area contributed by atoms with Crippen LogP contribution in [0.2, 0.25) is 0 Å². The molecule has 2 heterocycles. The molecule has 0 saturated carbocycles. The highest BCUT2D eigenvalue weighted by Crippen LogP contribution is 2.28. The maximum atomic E-state index is 12.5. The topological polar surface area (TPSA) is 79.4 Å². The van der Waals surface area contributed by atoms with Crippen LogP contribution < -0.4 is 10.2 Å². The third-order valence-corrected chi connectivity index (χ3v) is 5.58. The van der Waals surface area contributed by atoms with Crippen LogP contribution in [0.5, 0.6) is 0 Å². The van der Waals surface area contributed by atoms with Crippen molar-refractivity contribution >= 4 is 39.9 Å². The molecular weight excluding hydrogens is 386 g/mol. The van der Waals surface area contributed by atoms with Gasteiger partial charge in [0.1, 0.15) is 0 Å². The van der Waals surface area contributed by atoms with E-state index in [0.29, 0.717) is 16.4 Å². The molecule has 3 aromatic rings. The first-order chi connectivity index (χ1) is 13.9. The third kappa shape index (κ3) is 3.82. The number of hydrogen-bond acceptors (Lipinski definition) is 5. The summed E-state index contributed by atoms with van der Waals surface area (Å²) in [5, 5.41) is 5.24. The van der Waals surface area contributed by atoms with Crippen LogP contribution in [0.15, 0.2) is 47.8 Å². The summed E-state index contributed by atoms with van der Waals surface area (Å²) < 4.78 is 0. The average Bonchev–Trinajstić information content (AvgIpc) is 3.28. The summed E-state index contributed by atoms with van der Waals surface area (Å²) in [6.45, 7) is 4.08. The lowest BCUT2D eigenvalue weighted by Gasteiger charge is -2.13. The van der Waals surface area contributed by atoms with Crippen LogP contribution in [0.4, 0.5) is 10.8 Å². The van der Waals surface area contributed by atoms with Crippen molar-refractivity contribution in [2.75, 3.05) is 10.2 Å². The molecule has 3 amide bonds. The molecule has 2 aromatic carbocycles. The highest BCUT2D eigenvalue weighted by Gasteiger charge is 2.30. The van der Waals surface area contributed by atoms with Gasteiger partial charge in [-0.15, -0.1) is 11.3 Å². The van der Waals surface area contributed by atoms with Gasteiger partial charge in [0.15, 0.2) is 5.13 Å². The first kappa shape index (κ1) is 19.0. The Bertz CT molecular complexity index is 1100. The summed E-state index contributed by atoms with van der Waals surface area (Å²) in [5.74, 6) is -0.722. The molecule has 1 aliphatic heterocycles. The van der Waals surface area contributed by atoms with E-state index >= 15 is 0 Å². The van der Waals surface area contributed by atoms with E-state index in [1.54, 1.807) is 24.3 Å². The van der Waals surface area contributed by atoms with E-state index in [1.165, 1.54) is 21.8 Å². The second kappa shape index (κ2) is 7.60. The average molecular weight is 405 g/mol. The van der Waals surface area contributed by atoms with E-state index in [0.717, 1.165) is 16.8 Å². The molecule has 6 nitrogen and oxygen atoms in total. The van der Waals surface area contributed by atoms with Crippen LogP contribution in [-0.2, 0) is 9.59 Å². The number of nitrogens with zero attached hydrogens (tertiary/aromatic N) is 2. The minimum absolute atomic E-state index is 0.214. The third-order valence-electron chi connectivity index (χ3n) is 4.82. The van der Waals surface area contributed by atoms with Gasteiger partial charge in [0.25, 0.3) is 5.91 Å². The van der Waals surface area contributed by atoms with Crippen LogP contribution in [-0.4, -0.2) is 22.7 Å². The zero-order valence-corrected chi connectivity index (χ0v) is 16.9. The lowest BCUT2D eigenvalue weighted by Crippen LogP contribution is -2.28. The predicted molar refractivity (Wildman–Crippen MR) is 113 cm³/mol. The van der Waals surface area contributed by atoms with Crippen molar-refractivity contribution in [2.24, 2.45) is 0 Å². The molecule has 0 unspecified atom stereocenters. The number of thiazole rings is 1. The minimum atomic E-state index is -0.294. The molecule has 0 radical (unpaired) electrons. The number of amides is 3. The first-order valence-corrected chi connectivity index (χ1v) is 10.1. The summed E-state index contributed by atoms with van der Waals surface area (Å²) >= 11 is 1.36. The maximum absolute atomic E-state index is 12.5. The van der Waals surface area contributed by atoms with Crippen LogP contribution in [0.3, 0.4) is 0 Å². The molecule has 1 saturated heterocycles. The SMILES string of the molecule is Cc1ccc(-c2csc(NC(=O)c3ccc(N4C(=O)CCC4=O)cc3)n2)c(C)c1. The Labute approximate surface area is 172 Å². The van der Waals surface area contributed by atoms with E-state index in [4.69, 9.17) is 0 Å². The number of anilines is 2. The normalized spacial score (nSPS) is 13.8. The number of imide groups is 1. The van der Waals surface area contributed by atoms with Crippen LogP contribution in [0.25, 0.3) is 11.3 Å². The summed E-state index contributed by atoms with van der Waals surface area (Å²) in [6.07, 6.45) is 0.460. The molecule has 0 atom stereocenters. The van der Waals surface area contributed by atoms with Crippen LogP contribution >= 0.6 is 11.3 Å². The highest BCUT2D eigenvalue weighted by molar-refractivity contribution is 7.14. The summed E-state index contributed by atoms with van der Waals surface area (Å²) in [5.41, 5.74) is 5.10. The fraction of sp³-hybridized carbons (Fsp3) is 0.182. The number of aryl methyl sites for hydroxylation is 2. The van der Waals surface area contributed by atoms with E-state index in [1.807, 2.05) is 31.4 Å². The molecule has 1 aromatic heterocycles. The molecular formula is C22H19N3O3S. The number of nitrogens with one attached hydrogen (secondary N) is 1. The summed E-state index contributed by atoms with van der Waals surface area (Å²) in [7, 11) is 0. The van der Waals surface area contributed by atoms with Crippen molar-refractivity contribution in [2.45, 2.75) is 26.7 Å². The number of carbonyl (C=O) groups is 3. The van der Waals surface area contributed by atoms with Gasteiger partial charge >= 0.3 is 0 Å². The van der Waals surface area contributed by atoms with Gasteiger partial charge in [-0.3, -0.25) is 24.6 Å². The molecule has 146 valence electrons. The molecule has 1 fully saturated rings. The zero-order chi connectivity index (χ0) is 20.5. The molecule has 4 rings (SSSR count). The van der Waals surface area contributed by atoms with Crippen molar-refractivity contribution in [3.63, 3.8) is 0 Å². The van der Waals surface area contributed by atoms with Gasteiger partial charge in [-0.1, -0.05) is 23.8 Å². The van der Waals surface area contributed by atoms with Crippen molar-refractivity contribution in [1.29, 1.82) is 0 Å². The quantitative estimate of drug-likeness (QED) is 0.655. The van der Waals surface area contributed by atoms with Gasteiger partial charge < -0.3 is 0 Å². The Kier molecular flexibility index (Phi) is 4.98. The number of hydrogen-bond donors (Lipinski definition) is 1. The largest absolute Gasteiger partial charge is 0.298 e. The van der Waals surface area contributed by atoms with Crippen LogP contribution in [0, 0.1) is 13.8 Å². The molecule has 0 bridgehead atoms. The Morgan fingerprint density at radius 1 is 1.03 bits per heavy atom. The van der Waals surface area contributed by atoms with Gasteiger partial charge in [-0.05, 0) is 43.7 Å². The van der Waals surface area contributed by atoms with Crippen molar-refractivity contribution in [3.8, 4) is 11.3 Å². The predicted octanol–water partition coefficient (Wildman–Crippen LogP) is 4.33. The minimum Gasteiger partial charge on any atom is -0.298 e. The molecule has 0 aliphatic carbocycles. The molecule has 29 heavy (non-hydrogen) atoms. The standard InChI is InChI=1S/C22H19N3O3S/c1-13-3-8-17(14(2)11-13)18-12-29-22(23-18)24-21(28)15-4-6-16(7-5-15)25-19(26)9-10-20(25)27/h3-8,11-12H,9-10H2,1-2H3,(H,23,24,28). The lowest BCUT2D eigenvalue weighted by atomic mass is 10.0. The van der Waals surface area contributed by atoms with Crippen molar-refractivity contribution in [1.82, 2.24) is 4.98 Å². The Hall–Kier alpha value is -3.32. The van der Waals surface area contributed by atoms with E-state index < -0.39 is 0 Å². The van der Waals surface area contributed by atoms with Gasteiger partial charge in [0.05, 0.1) is 11.4 Å². The van der Waals surface area contributed by atoms with Crippen LogP contribution in [0.1, 0.15) is 34.3 Å². The van der Waals surface area contributed by atoms with E-state index in [9.17, 15) is 14.4 Å². The lowest BCUT2D eigenvalue weighted by molar-refractivity contribution is -0.121. The van der Waals surface area contributed by atoms with Gasteiger partial charge in [-0.25, -0.2) is 4.98 Å². The Morgan fingerprint density at radius 3 is 2.38 bits per heavy atom. The van der Waals surface area contributed by atoms with Gasteiger partial charge in [0, 0.05) is 29.3 Å². The Balaban J connectivity index is 1.48. The fourth-order valence-corrected chi connectivity index (χ4v) is 4.06. The maximum Gasteiger partial charge on any atom is 0.257 e. The number of aromatic nitrogens is 1. The molecule has 0 spiro atoms.